The van der Waals surface area contributed by atoms with Crippen LogP contribution in [-0.2, 0) is 36.8 Å². The molecule has 3 aromatic rings. The predicted molar refractivity (Wildman–Crippen MR) is 156 cm³/mol. The Morgan fingerprint density at radius 2 is 1.45 bits per heavy atom. The summed E-state index contributed by atoms with van der Waals surface area (Å²) >= 11 is 3.97. The first-order valence-corrected chi connectivity index (χ1v) is 13.7. The summed E-state index contributed by atoms with van der Waals surface area (Å²) in [5.74, 6) is -5.07. The van der Waals surface area contributed by atoms with Gasteiger partial charge in [0.25, 0.3) is 0 Å². The lowest BCUT2D eigenvalue weighted by Crippen LogP contribution is -2.58. The fraction of sp³-hybridized carbons (Fsp3) is 0.321. The van der Waals surface area contributed by atoms with E-state index in [1.54, 1.807) is 24.4 Å². The SMILES string of the molecule is NC(Cc1ccc(O)cc1)C(=O)NC(CCC(=O)O)C(=O)NC(Cc1c[nH]c2ccccc12)C(=O)NC(CS)C(=O)O. The second-order valence-electron chi connectivity index (χ2n) is 9.68. The molecule has 0 bridgehead atoms. The van der Waals surface area contributed by atoms with E-state index in [0.29, 0.717) is 11.1 Å². The van der Waals surface area contributed by atoms with Gasteiger partial charge in [0.15, 0.2) is 0 Å². The van der Waals surface area contributed by atoms with E-state index < -0.39 is 60.2 Å². The van der Waals surface area contributed by atoms with Crippen molar-refractivity contribution in [2.45, 2.75) is 49.9 Å². The molecule has 4 atom stereocenters. The molecule has 9 N–H and O–H groups in total. The molecule has 0 spiro atoms. The predicted octanol–water partition coefficient (Wildman–Crippen LogP) is 0.320. The Hall–Kier alpha value is -4.56. The van der Waals surface area contributed by atoms with Gasteiger partial charge in [-0.25, -0.2) is 4.79 Å². The number of hydrogen-bond acceptors (Lipinski definition) is 8. The van der Waals surface area contributed by atoms with Crippen LogP contribution in [0.5, 0.6) is 5.75 Å². The molecule has 0 aliphatic carbocycles. The number of phenols is 1. The molecule has 0 aliphatic rings. The van der Waals surface area contributed by atoms with E-state index >= 15 is 0 Å². The zero-order chi connectivity index (χ0) is 30.8. The van der Waals surface area contributed by atoms with Crippen molar-refractivity contribution in [3.63, 3.8) is 0 Å². The highest BCUT2D eigenvalue weighted by Gasteiger charge is 2.31. The summed E-state index contributed by atoms with van der Waals surface area (Å²) in [7, 11) is 0. The van der Waals surface area contributed by atoms with Crippen LogP contribution in [0.3, 0.4) is 0 Å². The molecule has 4 unspecified atom stereocenters. The van der Waals surface area contributed by atoms with Crippen molar-refractivity contribution >= 4 is 53.2 Å². The quantitative estimate of drug-likeness (QED) is 0.110. The van der Waals surface area contributed by atoms with Gasteiger partial charge in [-0.15, -0.1) is 0 Å². The van der Waals surface area contributed by atoms with Gasteiger partial charge in [-0.1, -0.05) is 30.3 Å². The Kier molecular flexibility index (Phi) is 11.3. The van der Waals surface area contributed by atoms with Gasteiger partial charge in [0, 0.05) is 35.7 Å². The fourth-order valence-corrected chi connectivity index (χ4v) is 4.50. The summed E-state index contributed by atoms with van der Waals surface area (Å²) in [5, 5.41) is 36.2. The van der Waals surface area contributed by atoms with E-state index in [-0.39, 0.29) is 30.8 Å². The molecular formula is C28H33N5O8S. The number of phenolic OH excluding ortho intramolecular Hbond substituents is 1. The van der Waals surface area contributed by atoms with Gasteiger partial charge in [-0.3, -0.25) is 19.2 Å². The third-order valence-electron chi connectivity index (χ3n) is 6.54. The first kappa shape index (κ1) is 32.0. The zero-order valence-electron chi connectivity index (χ0n) is 22.4. The molecule has 1 aromatic heterocycles. The van der Waals surface area contributed by atoms with Crippen LogP contribution in [0.25, 0.3) is 10.9 Å². The molecule has 1 heterocycles. The van der Waals surface area contributed by atoms with Gasteiger partial charge in [0.1, 0.15) is 23.9 Å². The standard InChI is InChI=1S/C28H33N5O8S/c29-19(11-15-5-7-17(34)8-6-15)25(37)31-21(9-10-24(35)36)26(38)32-22(27(39)33-23(14-42)28(40)41)12-16-13-30-20-4-2-1-3-18(16)20/h1-8,13,19,21-23,30,34,42H,9-12,14,29H2,(H,31,37)(H,32,38)(H,33,39)(H,35,36)(H,40,41). The topological polar surface area (TPSA) is 224 Å². The van der Waals surface area contributed by atoms with Crippen molar-refractivity contribution in [3.05, 3.63) is 65.9 Å². The van der Waals surface area contributed by atoms with Gasteiger partial charge < -0.3 is 42.0 Å². The number of aromatic amines is 1. The fourth-order valence-electron chi connectivity index (χ4n) is 4.25. The minimum absolute atomic E-state index is 0.0393. The molecule has 42 heavy (non-hydrogen) atoms. The number of carbonyl (C=O) groups is 5. The number of nitrogens with one attached hydrogen (secondary N) is 4. The monoisotopic (exact) mass is 599 g/mol. The Morgan fingerprint density at radius 3 is 2.10 bits per heavy atom. The van der Waals surface area contributed by atoms with Crippen LogP contribution in [0.15, 0.2) is 54.7 Å². The average Bonchev–Trinajstić information content (AvgIpc) is 3.36. The number of benzene rings is 2. The Balaban J connectivity index is 1.81. The lowest BCUT2D eigenvalue weighted by Gasteiger charge is -2.25. The average molecular weight is 600 g/mol. The molecule has 2 aromatic carbocycles. The van der Waals surface area contributed by atoms with Gasteiger partial charge in [0.05, 0.1) is 6.04 Å². The van der Waals surface area contributed by atoms with Crippen molar-refractivity contribution in [3.8, 4) is 5.75 Å². The van der Waals surface area contributed by atoms with Gasteiger partial charge in [0.2, 0.25) is 17.7 Å². The van der Waals surface area contributed by atoms with E-state index in [2.05, 4.69) is 33.6 Å². The zero-order valence-corrected chi connectivity index (χ0v) is 23.3. The Bertz CT molecular complexity index is 1430. The highest BCUT2D eigenvalue weighted by atomic mass is 32.1. The van der Waals surface area contributed by atoms with Crippen molar-refractivity contribution < 1.29 is 39.3 Å². The number of amides is 3. The number of aliphatic carboxylic acids is 2. The number of hydrogen-bond donors (Lipinski definition) is 9. The number of para-hydroxylation sites is 1. The molecule has 0 radical (unpaired) electrons. The number of carboxylic acid groups (broad SMARTS) is 2. The number of thiol groups is 1. The second kappa shape index (κ2) is 14.9. The van der Waals surface area contributed by atoms with E-state index in [0.717, 1.165) is 10.9 Å². The summed E-state index contributed by atoms with van der Waals surface area (Å²) < 4.78 is 0. The van der Waals surface area contributed by atoms with Crippen molar-refractivity contribution in [2.24, 2.45) is 5.73 Å². The van der Waals surface area contributed by atoms with Crippen LogP contribution in [0.1, 0.15) is 24.0 Å². The lowest BCUT2D eigenvalue weighted by atomic mass is 10.0. The van der Waals surface area contributed by atoms with E-state index in [1.807, 2.05) is 18.2 Å². The summed E-state index contributed by atoms with van der Waals surface area (Å²) in [6, 6.07) is 8.22. The molecule has 13 nitrogen and oxygen atoms in total. The molecule has 14 heteroatoms. The Morgan fingerprint density at radius 1 is 0.833 bits per heavy atom. The van der Waals surface area contributed by atoms with Crippen LogP contribution in [0, 0.1) is 0 Å². The maximum Gasteiger partial charge on any atom is 0.327 e. The van der Waals surface area contributed by atoms with E-state index in [9.17, 15) is 39.3 Å². The summed E-state index contributed by atoms with van der Waals surface area (Å²) in [6.45, 7) is 0. The smallest absolute Gasteiger partial charge is 0.327 e. The minimum Gasteiger partial charge on any atom is -0.508 e. The van der Waals surface area contributed by atoms with Crippen LogP contribution in [0.4, 0.5) is 0 Å². The number of aromatic hydroxyl groups is 1. The lowest BCUT2D eigenvalue weighted by molar-refractivity contribution is -0.141. The molecular weight excluding hydrogens is 566 g/mol. The largest absolute Gasteiger partial charge is 0.508 e. The molecule has 224 valence electrons. The summed E-state index contributed by atoms with van der Waals surface area (Å²) in [5.41, 5.74) is 8.12. The van der Waals surface area contributed by atoms with Crippen molar-refractivity contribution in [1.29, 1.82) is 0 Å². The Labute approximate surface area is 246 Å². The maximum atomic E-state index is 13.4. The highest BCUT2D eigenvalue weighted by molar-refractivity contribution is 7.80. The highest BCUT2D eigenvalue weighted by Crippen LogP contribution is 2.19. The number of aromatic nitrogens is 1. The number of rotatable bonds is 15. The van der Waals surface area contributed by atoms with Crippen LogP contribution >= 0.6 is 12.6 Å². The van der Waals surface area contributed by atoms with E-state index in [4.69, 9.17) is 5.73 Å². The van der Waals surface area contributed by atoms with Crippen molar-refractivity contribution in [1.82, 2.24) is 20.9 Å². The summed E-state index contributed by atoms with van der Waals surface area (Å²) in [6.07, 6.45) is 0.933. The van der Waals surface area contributed by atoms with E-state index in [1.165, 1.54) is 12.1 Å². The normalized spacial score (nSPS) is 13.9. The number of carbonyl (C=O) groups excluding carboxylic acids is 3. The minimum atomic E-state index is -1.36. The maximum absolute atomic E-state index is 13.4. The van der Waals surface area contributed by atoms with Gasteiger partial charge in [-0.2, -0.15) is 12.6 Å². The number of carboxylic acids is 2. The molecule has 3 rings (SSSR count). The third kappa shape index (κ3) is 8.97. The third-order valence-corrected chi connectivity index (χ3v) is 6.90. The van der Waals surface area contributed by atoms with Crippen LogP contribution in [-0.4, -0.2) is 79.9 Å². The van der Waals surface area contributed by atoms with Gasteiger partial charge in [-0.05, 0) is 42.2 Å². The summed E-state index contributed by atoms with van der Waals surface area (Å²) in [4.78, 5) is 65.4. The molecule has 3 amide bonds. The first-order valence-electron chi connectivity index (χ1n) is 13.0. The van der Waals surface area contributed by atoms with Crippen LogP contribution in [0.2, 0.25) is 0 Å². The molecule has 0 saturated heterocycles. The molecule has 0 fully saturated rings. The van der Waals surface area contributed by atoms with Crippen LogP contribution < -0.4 is 21.7 Å². The second-order valence-corrected chi connectivity index (χ2v) is 10.0. The van der Waals surface area contributed by atoms with Crippen molar-refractivity contribution in [2.75, 3.05) is 5.75 Å². The first-order chi connectivity index (χ1) is 20.0. The van der Waals surface area contributed by atoms with Gasteiger partial charge >= 0.3 is 11.9 Å². The number of fused-ring (bicyclic) bond motifs is 1. The molecule has 0 aliphatic heterocycles. The number of nitrogens with two attached hydrogens (primary N) is 1. The number of H-pyrrole nitrogens is 1. The molecule has 0 saturated carbocycles.